The Morgan fingerprint density at radius 1 is 0.299 bits per heavy atom. The fourth-order valence-corrected chi connectivity index (χ4v) is 15.4. The first kappa shape index (κ1) is 56.1. The second-order valence-corrected chi connectivity index (χ2v) is 24.7. The molecule has 16 aromatic rings. The molecule has 14 aromatic carbocycles. The number of aromatic nitrogens is 2. The van der Waals surface area contributed by atoms with Crippen LogP contribution < -0.4 is 26.2 Å². The number of nitriles is 2. The molecule has 0 radical (unpaired) electrons. The standard InChI is InChI=1S/C88H51BN8/c1-92-64-36-44-80-74(50-64)75-51-65(93-2)37-45-81(75)95(80)67-39-41-77-83(53-67)97(88-70(61-26-14-6-15-27-61)32-19-33-71(88)62-28-16-7-17-29-62)85-49-63(58-20-8-3-9-21-58)48-84-86(85)89(77)76-40-38-66(94-78-42-34-56(54-90)46-72(78)73-47-57(55-91)35-43-79(73)94)52-82(76)96(84)87-68(59-22-10-4-11-23-59)30-18-31-69(87)60-24-12-5-13-25-60/h3-53H. The Hall–Kier alpha value is -13.7. The number of fused-ring (bicyclic) bond motifs is 10. The summed E-state index contributed by atoms with van der Waals surface area (Å²) in [6.07, 6.45) is 0. The third-order valence-corrected chi connectivity index (χ3v) is 19.5. The Bertz CT molecular complexity index is 5520. The summed E-state index contributed by atoms with van der Waals surface area (Å²) in [5, 5.41) is 24.3. The summed E-state index contributed by atoms with van der Waals surface area (Å²) < 4.78 is 4.59. The molecular weight excluding hydrogens is 1180 g/mol. The maximum atomic E-state index is 10.3. The molecule has 0 unspecified atom stereocenters. The van der Waals surface area contributed by atoms with E-state index in [4.69, 9.17) is 13.1 Å². The van der Waals surface area contributed by atoms with E-state index in [0.717, 1.165) is 161 Å². The summed E-state index contributed by atoms with van der Waals surface area (Å²) in [6.45, 7) is 15.9. The Kier molecular flexibility index (Phi) is 13.0. The van der Waals surface area contributed by atoms with Crippen molar-refractivity contribution in [1.29, 1.82) is 10.5 Å². The number of benzene rings is 14. The predicted octanol–water partition coefficient (Wildman–Crippen LogP) is 21.1. The highest BCUT2D eigenvalue weighted by atomic mass is 15.2. The van der Waals surface area contributed by atoms with Crippen molar-refractivity contribution in [1.82, 2.24) is 9.13 Å². The normalized spacial score (nSPS) is 12.0. The third-order valence-electron chi connectivity index (χ3n) is 19.5. The zero-order valence-corrected chi connectivity index (χ0v) is 52.1. The molecule has 2 aromatic heterocycles. The molecule has 0 saturated carbocycles. The molecule has 0 atom stereocenters. The quantitative estimate of drug-likeness (QED) is 0.107. The lowest BCUT2D eigenvalue weighted by Gasteiger charge is -2.46. The average Bonchev–Trinajstić information content (AvgIpc) is 1.21. The van der Waals surface area contributed by atoms with Crippen LogP contribution in [-0.4, -0.2) is 15.8 Å². The third kappa shape index (κ3) is 8.89. The van der Waals surface area contributed by atoms with Gasteiger partial charge in [-0.15, -0.1) is 0 Å². The Morgan fingerprint density at radius 2 is 0.639 bits per heavy atom. The average molecular weight is 1230 g/mol. The monoisotopic (exact) mass is 1230 g/mol. The van der Waals surface area contributed by atoms with Crippen molar-refractivity contribution in [3.8, 4) is 79.1 Å². The van der Waals surface area contributed by atoms with E-state index in [2.05, 4.69) is 277 Å². The Labute approximate surface area is 560 Å². The van der Waals surface area contributed by atoms with Gasteiger partial charge in [0, 0.05) is 67.2 Å². The van der Waals surface area contributed by atoms with E-state index in [0.29, 0.717) is 22.5 Å². The summed E-state index contributed by atoms with van der Waals surface area (Å²) in [4.78, 5) is 12.9. The Balaban J connectivity index is 1.02. The minimum Gasteiger partial charge on any atom is -0.310 e. The molecule has 0 bridgehead atoms. The molecule has 4 heterocycles. The van der Waals surface area contributed by atoms with E-state index < -0.39 is 0 Å². The van der Waals surface area contributed by atoms with Gasteiger partial charge in [0.15, 0.2) is 11.4 Å². The van der Waals surface area contributed by atoms with Gasteiger partial charge in [-0.25, -0.2) is 9.69 Å². The van der Waals surface area contributed by atoms with Crippen LogP contribution in [0.2, 0.25) is 0 Å². The van der Waals surface area contributed by atoms with E-state index in [1.54, 1.807) is 0 Å². The topological polar surface area (TPSA) is 72.6 Å². The van der Waals surface area contributed by atoms with Crippen LogP contribution in [0.25, 0.3) is 120 Å². The van der Waals surface area contributed by atoms with Gasteiger partial charge in [0.1, 0.15) is 0 Å². The molecule has 0 N–H and O–H groups in total. The van der Waals surface area contributed by atoms with Crippen molar-refractivity contribution in [2.75, 3.05) is 9.80 Å². The number of rotatable bonds is 9. The number of para-hydroxylation sites is 2. The molecule has 2 aliphatic heterocycles. The van der Waals surface area contributed by atoms with Crippen molar-refractivity contribution in [3.05, 3.63) is 343 Å². The smallest absolute Gasteiger partial charge is 0.252 e. The second kappa shape index (κ2) is 22.6. The SMILES string of the molecule is [C-]#[N+]c1ccc2c(c1)c1cc([N+]#[C-])ccc1n2-c1ccc2c(c1)N(c1c(-c3ccccc3)cccc1-c1ccccc1)c1cc(-c3ccccc3)cc3c1B2c1ccc(-n2c4ccc(C#N)cc4c4cc(C#N)ccc42)cc1N3c1c(-c2ccccc2)cccc1-c1ccccc1. The summed E-state index contributed by atoms with van der Waals surface area (Å²) in [5.41, 5.74) is 27.5. The van der Waals surface area contributed by atoms with Crippen molar-refractivity contribution in [2.45, 2.75) is 0 Å². The second-order valence-electron chi connectivity index (χ2n) is 24.7. The van der Waals surface area contributed by atoms with Gasteiger partial charge in [0.2, 0.25) is 0 Å². The van der Waals surface area contributed by atoms with Crippen molar-refractivity contribution in [3.63, 3.8) is 0 Å². The summed E-state index contributed by atoms with van der Waals surface area (Å²) >= 11 is 0. The number of nitrogens with zero attached hydrogens (tertiary/aromatic N) is 8. The van der Waals surface area contributed by atoms with E-state index >= 15 is 0 Å². The highest BCUT2D eigenvalue weighted by molar-refractivity contribution is 7.00. The molecule has 97 heavy (non-hydrogen) atoms. The number of anilines is 6. The van der Waals surface area contributed by atoms with Gasteiger partial charge in [0.25, 0.3) is 6.71 Å². The number of hydrogen-bond donors (Lipinski definition) is 0. The Morgan fingerprint density at radius 3 is 0.990 bits per heavy atom. The lowest BCUT2D eigenvalue weighted by Crippen LogP contribution is -2.61. The zero-order valence-electron chi connectivity index (χ0n) is 52.1. The lowest BCUT2D eigenvalue weighted by molar-refractivity contribution is 1.17. The van der Waals surface area contributed by atoms with Gasteiger partial charge >= 0.3 is 0 Å². The van der Waals surface area contributed by atoms with Gasteiger partial charge in [0.05, 0.1) is 69.9 Å². The molecule has 0 aliphatic carbocycles. The van der Waals surface area contributed by atoms with Crippen LogP contribution in [0.5, 0.6) is 0 Å². The first-order chi connectivity index (χ1) is 47.9. The first-order valence-electron chi connectivity index (χ1n) is 32.3. The van der Waals surface area contributed by atoms with Crippen molar-refractivity contribution >= 4 is 112 Å². The summed E-state index contributed by atoms with van der Waals surface area (Å²) in [6, 6.07) is 114. The fourth-order valence-electron chi connectivity index (χ4n) is 15.4. The van der Waals surface area contributed by atoms with Crippen LogP contribution in [-0.2, 0) is 0 Å². The van der Waals surface area contributed by atoms with Crippen LogP contribution >= 0.6 is 0 Å². The molecule has 0 spiro atoms. The van der Waals surface area contributed by atoms with E-state index in [9.17, 15) is 10.5 Å². The first-order valence-corrected chi connectivity index (χ1v) is 32.3. The molecule has 8 nitrogen and oxygen atoms in total. The van der Waals surface area contributed by atoms with Gasteiger partial charge < -0.3 is 18.9 Å². The maximum Gasteiger partial charge on any atom is 0.252 e. The van der Waals surface area contributed by atoms with Gasteiger partial charge in [-0.05, 0) is 158 Å². The van der Waals surface area contributed by atoms with Crippen LogP contribution in [0.15, 0.2) is 309 Å². The van der Waals surface area contributed by atoms with Gasteiger partial charge in [-0.1, -0.05) is 212 Å². The summed E-state index contributed by atoms with van der Waals surface area (Å²) in [7, 11) is 0. The van der Waals surface area contributed by atoms with Crippen molar-refractivity contribution < 1.29 is 0 Å². The summed E-state index contributed by atoms with van der Waals surface area (Å²) in [5.74, 6) is 0. The van der Waals surface area contributed by atoms with Crippen LogP contribution in [0.3, 0.4) is 0 Å². The predicted molar refractivity (Wildman–Crippen MR) is 398 cm³/mol. The van der Waals surface area contributed by atoms with Crippen molar-refractivity contribution in [2.24, 2.45) is 0 Å². The molecule has 0 saturated heterocycles. The minimum atomic E-state index is -0.362. The molecule has 0 fully saturated rings. The molecule has 9 heteroatoms. The fraction of sp³-hybridized carbons (Fsp3) is 0. The highest BCUT2D eigenvalue weighted by Gasteiger charge is 2.46. The minimum absolute atomic E-state index is 0.362. The lowest BCUT2D eigenvalue weighted by atomic mass is 9.33. The van der Waals surface area contributed by atoms with Gasteiger partial charge in [-0.2, -0.15) is 10.5 Å². The van der Waals surface area contributed by atoms with E-state index in [1.165, 1.54) is 0 Å². The highest BCUT2D eigenvalue weighted by Crippen LogP contribution is 2.54. The van der Waals surface area contributed by atoms with Gasteiger partial charge in [-0.3, -0.25) is 0 Å². The zero-order chi connectivity index (χ0) is 64.8. The molecule has 446 valence electrons. The van der Waals surface area contributed by atoms with E-state index in [1.807, 2.05) is 72.8 Å². The number of hydrogen-bond acceptors (Lipinski definition) is 4. The maximum absolute atomic E-state index is 10.3. The van der Waals surface area contributed by atoms with Crippen LogP contribution in [0.1, 0.15) is 11.1 Å². The molecule has 18 rings (SSSR count). The van der Waals surface area contributed by atoms with Crippen LogP contribution in [0.4, 0.5) is 45.5 Å². The van der Waals surface area contributed by atoms with E-state index in [-0.39, 0.29) is 6.71 Å². The largest absolute Gasteiger partial charge is 0.310 e. The molecule has 0 amide bonds. The van der Waals surface area contributed by atoms with Crippen LogP contribution in [0, 0.1) is 35.8 Å². The molecular formula is C88H51BN8. The molecule has 2 aliphatic rings.